The van der Waals surface area contributed by atoms with Gasteiger partial charge in [-0.2, -0.15) is 0 Å². The number of amides is 1. The highest BCUT2D eigenvalue weighted by Gasteiger charge is 2.11. The Morgan fingerprint density at radius 2 is 2.10 bits per heavy atom. The Morgan fingerprint density at radius 1 is 1.33 bits per heavy atom. The van der Waals surface area contributed by atoms with Crippen LogP contribution in [0.5, 0.6) is 0 Å². The molecule has 1 aromatic carbocycles. The molecule has 2 rings (SSSR count). The molecule has 6 heteroatoms. The number of anilines is 1. The monoisotopic (exact) mass is 304 g/mol. The number of carbonyl (C=O) groups excluding carboxylic acids is 1. The number of hydrogen-bond donors (Lipinski definition) is 1. The number of rotatable bonds is 5. The minimum atomic E-state index is -0.0343. The van der Waals surface area contributed by atoms with Crippen LogP contribution in [0.3, 0.4) is 0 Å². The fourth-order valence-electron chi connectivity index (χ4n) is 2.05. The quantitative estimate of drug-likeness (QED) is 0.863. The van der Waals surface area contributed by atoms with Crippen molar-refractivity contribution >= 4 is 23.4 Å². The third kappa shape index (κ3) is 3.85. The average Bonchev–Trinajstić information content (AvgIpc) is 2.80. The van der Waals surface area contributed by atoms with E-state index in [-0.39, 0.29) is 5.91 Å². The van der Waals surface area contributed by atoms with E-state index in [0.29, 0.717) is 5.75 Å². The van der Waals surface area contributed by atoms with Crippen LogP contribution in [0.15, 0.2) is 23.4 Å². The fourth-order valence-corrected chi connectivity index (χ4v) is 2.78. The molecule has 0 aliphatic carbocycles. The van der Waals surface area contributed by atoms with Crippen LogP contribution < -0.4 is 5.32 Å². The van der Waals surface area contributed by atoms with Gasteiger partial charge in [0.05, 0.1) is 5.75 Å². The van der Waals surface area contributed by atoms with E-state index in [9.17, 15) is 4.79 Å². The number of nitrogens with one attached hydrogen (secondary N) is 1. The van der Waals surface area contributed by atoms with E-state index in [2.05, 4.69) is 21.6 Å². The lowest BCUT2D eigenvalue weighted by Gasteiger charge is -2.09. The van der Waals surface area contributed by atoms with Crippen molar-refractivity contribution in [2.24, 2.45) is 7.05 Å². The summed E-state index contributed by atoms with van der Waals surface area (Å²) in [6.07, 6.45) is 0.832. The molecule has 0 radical (unpaired) electrons. The highest BCUT2D eigenvalue weighted by molar-refractivity contribution is 7.99. The first kappa shape index (κ1) is 15.6. The summed E-state index contributed by atoms with van der Waals surface area (Å²) in [6.45, 7) is 6.06. The van der Waals surface area contributed by atoms with E-state index in [4.69, 9.17) is 0 Å². The van der Waals surface area contributed by atoms with Crippen molar-refractivity contribution in [3.63, 3.8) is 0 Å². The van der Waals surface area contributed by atoms with E-state index in [1.807, 2.05) is 44.5 Å². The molecule has 0 unspecified atom stereocenters. The molecule has 1 N–H and O–H groups in total. The third-order valence-electron chi connectivity index (χ3n) is 3.23. The summed E-state index contributed by atoms with van der Waals surface area (Å²) >= 11 is 1.40. The first-order valence-corrected chi connectivity index (χ1v) is 7.88. The predicted molar refractivity (Wildman–Crippen MR) is 85.7 cm³/mol. The summed E-state index contributed by atoms with van der Waals surface area (Å²) in [4.78, 5) is 12.0. The Balaban J connectivity index is 1.94. The molecule has 0 spiro atoms. The van der Waals surface area contributed by atoms with Crippen molar-refractivity contribution in [1.82, 2.24) is 14.8 Å². The van der Waals surface area contributed by atoms with Crippen LogP contribution in [0, 0.1) is 13.8 Å². The molecule has 2 aromatic rings. The molecule has 0 saturated carbocycles. The zero-order valence-corrected chi connectivity index (χ0v) is 13.6. The zero-order valence-electron chi connectivity index (χ0n) is 12.8. The molecule has 21 heavy (non-hydrogen) atoms. The van der Waals surface area contributed by atoms with Gasteiger partial charge < -0.3 is 9.88 Å². The molecular formula is C15H20N4OS. The first-order valence-electron chi connectivity index (χ1n) is 6.89. The van der Waals surface area contributed by atoms with Gasteiger partial charge in [0.1, 0.15) is 5.82 Å². The SMILES string of the molecule is CCc1nnc(SCC(=O)Nc2ccc(C)cc2C)n1C. The van der Waals surface area contributed by atoms with Crippen LogP contribution in [0.2, 0.25) is 0 Å². The van der Waals surface area contributed by atoms with E-state index < -0.39 is 0 Å². The number of thioether (sulfide) groups is 1. The van der Waals surface area contributed by atoms with Gasteiger partial charge in [-0.25, -0.2) is 0 Å². The summed E-state index contributed by atoms with van der Waals surface area (Å²) in [5, 5.41) is 11.9. The largest absolute Gasteiger partial charge is 0.325 e. The standard InChI is InChI=1S/C15H20N4OS/c1-5-13-17-18-15(19(13)4)21-9-14(20)16-12-7-6-10(2)8-11(12)3/h6-8H,5,9H2,1-4H3,(H,16,20). The van der Waals surface area contributed by atoms with Crippen LogP contribution in [-0.4, -0.2) is 26.4 Å². The van der Waals surface area contributed by atoms with Crippen molar-refractivity contribution in [3.05, 3.63) is 35.2 Å². The molecule has 0 saturated heterocycles. The smallest absolute Gasteiger partial charge is 0.234 e. The molecule has 0 atom stereocenters. The van der Waals surface area contributed by atoms with Gasteiger partial charge in [0.15, 0.2) is 5.16 Å². The van der Waals surface area contributed by atoms with Crippen LogP contribution in [0.4, 0.5) is 5.69 Å². The Bertz CT molecular complexity index is 651. The highest BCUT2D eigenvalue weighted by Crippen LogP contribution is 2.19. The molecule has 0 fully saturated rings. The van der Waals surface area contributed by atoms with Crippen molar-refractivity contribution < 1.29 is 4.79 Å². The minimum Gasteiger partial charge on any atom is -0.325 e. The number of aromatic nitrogens is 3. The molecule has 0 aliphatic rings. The predicted octanol–water partition coefficient (Wildman–Crippen LogP) is 2.73. The van der Waals surface area contributed by atoms with Gasteiger partial charge in [-0.1, -0.05) is 36.4 Å². The molecule has 112 valence electrons. The Labute approximate surface area is 129 Å². The van der Waals surface area contributed by atoms with Gasteiger partial charge in [-0.3, -0.25) is 4.79 Å². The van der Waals surface area contributed by atoms with E-state index in [0.717, 1.165) is 28.7 Å². The lowest BCUT2D eigenvalue weighted by atomic mass is 10.1. The van der Waals surface area contributed by atoms with Gasteiger partial charge in [-0.05, 0) is 25.5 Å². The topological polar surface area (TPSA) is 59.8 Å². The normalized spacial score (nSPS) is 10.7. The molecule has 1 heterocycles. The maximum Gasteiger partial charge on any atom is 0.234 e. The number of nitrogens with zero attached hydrogens (tertiary/aromatic N) is 3. The maximum atomic E-state index is 12.0. The first-order chi connectivity index (χ1) is 10.0. The van der Waals surface area contributed by atoms with Gasteiger partial charge in [0, 0.05) is 19.2 Å². The van der Waals surface area contributed by atoms with Gasteiger partial charge in [-0.15, -0.1) is 10.2 Å². The van der Waals surface area contributed by atoms with Gasteiger partial charge in [0.25, 0.3) is 0 Å². The highest BCUT2D eigenvalue weighted by atomic mass is 32.2. The van der Waals surface area contributed by atoms with E-state index in [1.165, 1.54) is 17.3 Å². The number of benzene rings is 1. The number of aryl methyl sites for hydroxylation is 3. The van der Waals surface area contributed by atoms with Crippen molar-refractivity contribution in [2.45, 2.75) is 32.3 Å². The van der Waals surface area contributed by atoms with Crippen LogP contribution in [0.25, 0.3) is 0 Å². The van der Waals surface area contributed by atoms with Crippen molar-refractivity contribution in [2.75, 3.05) is 11.1 Å². The zero-order chi connectivity index (χ0) is 15.4. The molecule has 5 nitrogen and oxygen atoms in total. The second-order valence-electron chi connectivity index (χ2n) is 4.97. The molecule has 0 aliphatic heterocycles. The van der Waals surface area contributed by atoms with E-state index >= 15 is 0 Å². The fraction of sp³-hybridized carbons (Fsp3) is 0.400. The third-order valence-corrected chi connectivity index (χ3v) is 4.25. The van der Waals surface area contributed by atoms with E-state index in [1.54, 1.807) is 0 Å². The minimum absolute atomic E-state index is 0.0343. The van der Waals surface area contributed by atoms with Crippen LogP contribution in [0.1, 0.15) is 23.9 Å². The number of hydrogen-bond acceptors (Lipinski definition) is 4. The van der Waals surface area contributed by atoms with Crippen molar-refractivity contribution in [1.29, 1.82) is 0 Å². The molecule has 1 amide bonds. The summed E-state index contributed by atoms with van der Waals surface area (Å²) in [5.74, 6) is 1.21. The second kappa shape index (κ2) is 6.76. The lowest BCUT2D eigenvalue weighted by molar-refractivity contribution is -0.113. The Kier molecular flexibility index (Phi) is 5.01. The maximum absolute atomic E-state index is 12.0. The Hall–Kier alpha value is -1.82. The molecule has 1 aromatic heterocycles. The summed E-state index contributed by atoms with van der Waals surface area (Å²) < 4.78 is 1.93. The summed E-state index contributed by atoms with van der Waals surface area (Å²) in [5.41, 5.74) is 3.12. The lowest BCUT2D eigenvalue weighted by Crippen LogP contribution is -2.15. The number of carbonyl (C=O) groups is 1. The van der Waals surface area contributed by atoms with Crippen LogP contribution >= 0.6 is 11.8 Å². The second-order valence-corrected chi connectivity index (χ2v) is 5.91. The summed E-state index contributed by atoms with van der Waals surface area (Å²) in [6, 6.07) is 5.98. The Morgan fingerprint density at radius 3 is 2.71 bits per heavy atom. The van der Waals surface area contributed by atoms with Gasteiger partial charge in [0.2, 0.25) is 5.91 Å². The van der Waals surface area contributed by atoms with Gasteiger partial charge >= 0.3 is 0 Å². The summed E-state index contributed by atoms with van der Waals surface area (Å²) in [7, 11) is 1.92. The van der Waals surface area contributed by atoms with Crippen LogP contribution in [-0.2, 0) is 18.3 Å². The molecule has 0 bridgehead atoms. The molecular weight excluding hydrogens is 284 g/mol. The van der Waals surface area contributed by atoms with Crippen molar-refractivity contribution in [3.8, 4) is 0 Å². The average molecular weight is 304 g/mol.